The molecule has 0 spiro atoms. The van der Waals surface area contributed by atoms with E-state index in [2.05, 4.69) is 21.3 Å². The number of hydrogen-bond acceptors (Lipinski definition) is 8. The minimum Gasteiger partial charge on any atom is -0.366 e. The summed E-state index contributed by atoms with van der Waals surface area (Å²) in [4.78, 5) is 36.5. The summed E-state index contributed by atoms with van der Waals surface area (Å²) in [6.07, 6.45) is 12.7. The molecule has 1 amide bonds. The first kappa shape index (κ1) is 24.1. The van der Waals surface area contributed by atoms with Crippen molar-refractivity contribution in [3.63, 3.8) is 0 Å². The van der Waals surface area contributed by atoms with Crippen LogP contribution in [0.25, 0.3) is 5.70 Å². The molecule has 5 heterocycles. The number of nitriles is 1. The van der Waals surface area contributed by atoms with Gasteiger partial charge in [-0.15, -0.1) is 11.3 Å². The van der Waals surface area contributed by atoms with Crippen molar-refractivity contribution in [3.8, 4) is 6.07 Å². The zero-order valence-corrected chi connectivity index (χ0v) is 22.0. The minimum absolute atomic E-state index is 0.0214. The lowest BCUT2D eigenvalue weighted by Gasteiger charge is -2.43. The first-order valence-corrected chi connectivity index (χ1v) is 14.0. The van der Waals surface area contributed by atoms with Crippen LogP contribution in [0.2, 0.25) is 0 Å². The third-order valence-electron chi connectivity index (χ3n) is 7.17. The predicted molar refractivity (Wildman–Crippen MR) is 148 cm³/mol. The van der Waals surface area contributed by atoms with Crippen LogP contribution in [0, 0.1) is 11.3 Å². The third-order valence-corrected chi connectivity index (χ3v) is 8.77. The van der Waals surface area contributed by atoms with Crippen LogP contribution in [-0.4, -0.2) is 52.7 Å². The summed E-state index contributed by atoms with van der Waals surface area (Å²) >= 11 is 2.95. The molecule has 1 atom stereocenters. The minimum atomic E-state index is -1.24. The summed E-state index contributed by atoms with van der Waals surface area (Å²) in [6.45, 7) is 2.10. The molecule has 2 aliphatic heterocycles. The van der Waals surface area contributed by atoms with E-state index in [1.807, 2.05) is 69.6 Å². The topological polar surface area (TPSA) is 89.3 Å². The van der Waals surface area contributed by atoms with Gasteiger partial charge in [0.1, 0.15) is 17.1 Å². The SMILES string of the molecule is N#CC1=C(N2CCN(C(=O)c3cccs3)CC2)c2cscc2C(C2=CC=CC=CN2)(c2cccnc2)C1=O. The summed E-state index contributed by atoms with van der Waals surface area (Å²) < 4.78 is 0. The molecule has 1 N–H and O–H groups in total. The molecule has 1 saturated heterocycles. The molecule has 188 valence electrons. The zero-order valence-electron chi connectivity index (χ0n) is 20.3. The quantitative estimate of drug-likeness (QED) is 0.533. The van der Waals surface area contributed by atoms with Gasteiger partial charge in [0.15, 0.2) is 5.78 Å². The van der Waals surface area contributed by atoms with Gasteiger partial charge in [-0.3, -0.25) is 14.6 Å². The average Bonchev–Trinajstić information content (AvgIpc) is 3.61. The lowest BCUT2D eigenvalue weighted by atomic mass is 9.63. The molecular formula is C29H23N5O2S2. The molecule has 9 heteroatoms. The van der Waals surface area contributed by atoms with Crippen LogP contribution in [-0.2, 0) is 10.2 Å². The molecule has 0 saturated carbocycles. The third kappa shape index (κ3) is 3.72. The van der Waals surface area contributed by atoms with Crippen LogP contribution >= 0.6 is 22.7 Å². The summed E-state index contributed by atoms with van der Waals surface area (Å²) in [6, 6.07) is 9.69. The van der Waals surface area contributed by atoms with Crippen molar-refractivity contribution >= 4 is 40.1 Å². The Balaban J connectivity index is 1.44. The number of ketones is 1. The van der Waals surface area contributed by atoms with E-state index in [0.717, 1.165) is 16.0 Å². The van der Waals surface area contributed by atoms with E-state index < -0.39 is 5.41 Å². The second-order valence-corrected chi connectivity index (χ2v) is 10.8. The standard InChI is InChI=1S/C29H23N5O2S2/c30-16-21-26(33-11-13-34(14-12-33)28(36)24-7-5-15-38-24)22-18-37-19-23(22)29(27(21)35,20-6-4-9-31-17-20)25-8-2-1-3-10-32-25/h1-10,15,17-19,32H,11-14H2. The molecule has 1 aliphatic carbocycles. The van der Waals surface area contributed by atoms with Gasteiger partial charge >= 0.3 is 0 Å². The van der Waals surface area contributed by atoms with Crippen molar-refractivity contribution < 1.29 is 9.59 Å². The van der Waals surface area contributed by atoms with Crippen LogP contribution < -0.4 is 5.32 Å². The van der Waals surface area contributed by atoms with E-state index in [-0.39, 0.29) is 17.3 Å². The van der Waals surface area contributed by atoms with Gasteiger partial charge in [-0.25, -0.2) is 0 Å². The first-order valence-electron chi connectivity index (χ1n) is 12.2. The van der Waals surface area contributed by atoms with E-state index in [4.69, 9.17) is 0 Å². The van der Waals surface area contributed by atoms with Gasteiger partial charge in [-0.05, 0) is 46.2 Å². The molecule has 0 bridgehead atoms. The van der Waals surface area contributed by atoms with Crippen molar-refractivity contribution in [2.45, 2.75) is 5.41 Å². The molecule has 6 rings (SSSR count). The van der Waals surface area contributed by atoms with Crippen molar-refractivity contribution in [2.24, 2.45) is 0 Å². The molecule has 1 fully saturated rings. The van der Waals surface area contributed by atoms with Crippen LogP contribution in [0.5, 0.6) is 0 Å². The number of allylic oxidation sites excluding steroid dienone is 6. The summed E-state index contributed by atoms with van der Waals surface area (Å²) in [5, 5.41) is 19.7. The number of nitrogens with zero attached hydrogens (tertiary/aromatic N) is 4. The number of nitrogens with one attached hydrogen (secondary N) is 1. The lowest BCUT2D eigenvalue weighted by molar-refractivity contribution is -0.118. The largest absolute Gasteiger partial charge is 0.366 e. The van der Waals surface area contributed by atoms with Gasteiger partial charge in [0.25, 0.3) is 5.91 Å². The maximum atomic E-state index is 14.6. The Labute approximate surface area is 228 Å². The fourth-order valence-electron chi connectivity index (χ4n) is 5.43. The van der Waals surface area contributed by atoms with Gasteiger partial charge in [0.05, 0.1) is 10.6 Å². The van der Waals surface area contributed by atoms with E-state index in [9.17, 15) is 14.9 Å². The predicted octanol–water partition coefficient (Wildman–Crippen LogP) is 4.32. The lowest BCUT2D eigenvalue weighted by Crippen LogP contribution is -2.51. The fourth-order valence-corrected chi connectivity index (χ4v) is 7.00. The van der Waals surface area contributed by atoms with E-state index in [0.29, 0.717) is 43.1 Å². The van der Waals surface area contributed by atoms with Crippen LogP contribution in [0.1, 0.15) is 26.4 Å². The Bertz CT molecular complexity index is 1550. The molecular weight excluding hydrogens is 514 g/mol. The molecule has 0 aromatic carbocycles. The zero-order chi connectivity index (χ0) is 26.1. The number of piperazine rings is 1. The van der Waals surface area contributed by atoms with Gasteiger partial charge in [-0.1, -0.05) is 24.3 Å². The van der Waals surface area contributed by atoms with Crippen LogP contribution in [0.15, 0.2) is 94.6 Å². The number of thiophene rings is 2. The van der Waals surface area contributed by atoms with Crippen molar-refractivity contribution in [3.05, 3.63) is 116 Å². The number of amides is 1. The number of carbonyl (C=O) groups excluding carboxylic acids is 2. The highest BCUT2D eigenvalue weighted by atomic mass is 32.1. The Morgan fingerprint density at radius 1 is 1.11 bits per heavy atom. The van der Waals surface area contributed by atoms with E-state index in [1.54, 1.807) is 18.6 Å². The number of fused-ring (bicyclic) bond motifs is 1. The summed E-state index contributed by atoms with van der Waals surface area (Å²) in [7, 11) is 0. The highest BCUT2D eigenvalue weighted by molar-refractivity contribution is 7.12. The molecule has 3 aromatic heterocycles. The normalized spacial score (nSPS) is 20.9. The van der Waals surface area contributed by atoms with E-state index >= 15 is 0 Å². The highest BCUT2D eigenvalue weighted by Gasteiger charge is 2.53. The van der Waals surface area contributed by atoms with Crippen molar-refractivity contribution in [1.82, 2.24) is 20.1 Å². The fraction of sp³-hybridized carbons (Fsp3) is 0.172. The Hall–Kier alpha value is -4.26. The summed E-state index contributed by atoms with van der Waals surface area (Å²) in [5.74, 6) is -0.262. The van der Waals surface area contributed by atoms with Gasteiger partial charge in [0, 0.05) is 61.4 Å². The molecule has 3 aromatic rings. The Kier molecular flexibility index (Phi) is 6.27. The number of pyridine rings is 1. The highest BCUT2D eigenvalue weighted by Crippen LogP contribution is 2.50. The molecule has 0 radical (unpaired) electrons. The average molecular weight is 538 g/mol. The number of aromatic nitrogens is 1. The van der Waals surface area contributed by atoms with Crippen molar-refractivity contribution in [2.75, 3.05) is 26.2 Å². The smallest absolute Gasteiger partial charge is 0.264 e. The maximum absolute atomic E-state index is 14.6. The molecule has 3 aliphatic rings. The Morgan fingerprint density at radius 2 is 1.97 bits per heavy atom. The maximum Gasteiger partial charge on any atom is 0.264 e. The van der Waals surface area contributed by atoms with Gasteiger partial charge < -0.3 is 15.1 Å². The van der Waals surface area contributed by atoms with Gasteiger partial charge in [-0.2, -0.15) is 16.6 Å². The monoisotopic (exact) mass is 537 g/mol. The molecule has 7 nitrogen and oxygen atoms in total. The van der Waals surface area contributed by atoms with Gasteiger partial charge in [0.2, 0.25) is 0 Å². The second-order valence-electron chi connectivity index (χ2n) is 9.08. The van der Waals surface area contributed by atoms with Crippen LogP contribution in [0.4, 0.5) is 0 Å². The number of Topliss-reactive ketones (excluding diaryl/α,β-unsaturated/α-hetero) is 1. The molecule has 38 heavy (non-hydrogen) atoms. The number of carbonyl (C=O) groups is 2. The first-order chi connectivity index (χ1) is 18.7. The van der Waals surface area contributed by atoms with Crippen molar-refractivity contribution in [1.29, 1.82) is 5.26 Å². The van der Waals surface area contributed by atoms with Crippen LogP contribution in [0.3, 0.4) is 0 Å². The molecule has 1 unspecified atom stereocenters. The van der Waals surface area contributed by atoms with E-state index in [1.165, 1.54) is 22.7 Å². The summed E-state index contributed by atoms with van der Waals surface area (Å²) in [5.41, 5.74) is 2.59. The second kappa shape index (κ2) is 9.89. The Morgan fingerprint density at radius 3 is 2.71 bits per heavy atom. The number of hydrogen-bond donors (Lipinski definition) is 1. The number of rotatable bonds is 4.